The van der Waals surface area contributed by atoms with Crippen LogP contribution in [0, 0.1) is 0 Å². The number of nitrogens with one attached hydrogen (secondary N) is 1. The summed E-state index contributed by atoms with van der Waals surface area (Å²) in [5, 5.41) is 10.9. The van der Waals surface area contributed by atoms with Crippen molar-refractivity contribution in [2.75, 3.05) is 19.4 Å². The summed E-state index contributed by atoms with van der Waals surface area (Å²) in [6, 6.07) is 13.4. The number of methoxy groups -OCH3 is 1. The lowest BCUT2D eigenvalue weighted by Gasteiger charge is -2.36. The molecule has 0 aromatic heterocycles. The highest BCUT2D eigenvalue weighted by atomic mass is 32.2. The monoisotopic (exact) mass is 598 g/mol. The van der Waals surface area contributed by atoms with Crippen LogP contribution in [-0.2, 0) is 26.0 Å². The van der Waals surface area contributed by atoms with E-state index in [-0.39, 0.29) is 17.7 Å². The normalized spacial score (nSPS) is 21.9. The zero-order valence-electron chi connectivity index (χ0n) is 23.5. The predicted octanol–water partition coefficient (Wildman–Crippen LogP) is 5.26. The number of rotatable bonds is 8. The van der Waals surface area contributed by atoms with Gasteiger partial charge < -0.3 is 14.7 Å². The molecule has 2 aromatic carbocycles. The number of sulfone groups is 1. The fourth-order valence-corrected chi connectivity index (χ4v) is 7.49. The second-order valence-corrected chi connectivity index (χ2v) is 12.4. The van der Waals surface area contributed by atoms with Crippen LogP contribution in [0.3, 0.4) is 0 Å². The summed E-state index contributed by atoms with van der Waals surface area (Å²) < 4.78 is 65.3. The average Bonchev–Trinajstić information content (AvgIpc) is 3.30. The first kappa shape index (κ1) is 32.4. The van der Waals surface area contributed by atoms with Crippen molar-refractivity contribution in [1.29, 1.82) is 0 Å². The molecule has 2 heterocycles. The third-order valence-corrected chi connectivity index (χ3v) is 9.53. The number of carbonyl (C=O) groups excluding carboxylic acids is 1. The molecule has 8 nitrogen and oxygen atoms in total. The van der Waals surface area contributed by atoms with E-state index in [4.69, 9.17) is 14.6 Å². The predicted molar refractivity (Wildman–Crippen MR) is 147 cm³/mol. The number of likely N-dealkylation sites (tertiary alicyclic amines) is 1. The molecule has 4 rings (SSSR count). The number of hydrogen-bond acceptors (Lipinski definition) is 6. The van der Waals surface area contributed by atoms with Gasteiger partial charge in [-0.15, -0.1) is 0 Å². The summed E-state index contributed by atoms with van der Waals surface area (Å²) in [6.07, 6.45) is -0.227. The van der Waals surface area contributed by atoms with Crippen LogP contribution in [-0.4, -0.2) is 61.4 Å². The number of nitrogens with zero attached hydrogens (tertiary/aromatic N) is 1. The van der Waals surface area contributed by atoms with Crippen LogP contribution < -0.4 is 10.1 Å². The van der Waals surface area contributed by atoms with Crippen molar-refractivity contribution in [1.82, 2.24) is 10.2 Å². The van der Waals surface area contributed by atoms with Gasteiger partial charge in [-0.2, -0.15) is 13.2 Å². The van der Waals surface area contributed by atoms with Gasteiger partial charge in [0.15, 0.2) is 9.84 Å². The van der Waals surface area contributed by atoms with Gasteiger partial charge in [-0.3, -0.25) is 10.1 Å². The van der Waals surface area contributed by atoms with Crippen molar-refractivity contribution in [3.63, 3.8) is 0 Å². The smallest absolute Gasteiger partial charge is 0.490 e. The van der Waals surface area contributed by atoms with Crippen LogP contribution >= 0.6 is 0 Å². The topological polar surface area (TPSA) is 113 Å². The van der Waals surface area contributed by atoms with E-state index in [1.54, 1.807) is 18.1 Å². The fraction of sp³-hybridized carbons (Fsp3) is 0.517. The number of amides is 1. The largest absolute Gasteiger partial charge is 0.496 e. The lowest BCUT2D eigenvalue weighted by Crippen LogP contribution is -2.50. The summed E-state index contributed by atoms with van der Waals surface area (Å²) in [6.45, 7) is 5.26. The maximum Gasteiger partial charge on any atom is 0.490 e. The van der Waals surface area contributed by atoms with Crippen molar-refractivity contribution in [3.8, 4) is 5.75 Å². The van der Waals surface area contributed by atoms with Crippen molar-refractivity contribution in [2.24, 2.45) is 0 Å². The van der Waals surface area contributed by atoms with Gasteiger partial charge in [-0.05, 0) is 42.5 Å². The zero-order valence-corrected chi connectivity index (χ0v) is 24.3. The maximum absolute atomic E-state index is 13.9. The molecule has 0 spiro atoms. The molecule has 1 fully saturated rings. The highest BCUT2D eigenvalue weighted by Gasteiger charge is 2.42. The number of carboxylic acids is 1. The second-order valence-electron chi connectivity index (χ2n) is 10.4. The zero-order chi connectivity index (χ0) is 30.4. The second kappa shape index (κ2) is 13.2. The molecule has 2 N–H and O–H groups in total. The Hall–Kier alpha value is -3.12. The molecule has 0 unspecified atom stereocenters. The van der Waals surface area contributed by atoms with Crippen LogP contribution in [0.2, 0.25) is 0 Å². The minimum absolute atomic E-state index is 0.0568. The number of ether oxygens (including phenoxy) is 1. The number of fused-ring (bicyclic) bond motifs is 1. The van der Waals surface area contributed by atoms with Crippen LogP contribution in [0.4, 0.5) is 13.2 Å². The van der Waals surface area contributed by atoms with E-state index in [2.05, 4.69) is 19.2 Å². The van der Waals surface area contributed by atoms with Crippen LogP contribution in [0.5, 0.6) is 5.75 Å². The van der Waals surface area contributed by atoms with Crippen molar-refractivity contribution >= 4 is 21.7 Å². The Morgan fingerprint density at radius 3 is 2.37 bits per heavy atom. The van der Waals surface area contributed by atoms with E-state index in [0.29, 0.717) is 35.7 Å². The van der Waals surface area contributed by atoms with Crippen molar-refractivity contribution in [3.05, 3.63) is 59.2 Å². The minimum Gasteiger partial charge on any atom is -0.496 e. The Morgan fingerprint density at radius 2 is 1.85 bits per heavy atom. The summed E-state index contributed by atoms with van der Waals surface area (Å²) in [7, 11) is -1.98. The van der Waals surface area contributed by atoms with Crippen LogP contribution in [0.15, 0.2) is 47.4 Å². The molecule has 2 aliphatic heterocycles. The van der Waals surface area contributed by atoms with E-state index in [0.717, 1.165) is 43.2 Å². The molecule has 12 heteroatoms. The number of unbranched alkanes of at least 4 members (excludes halogenated alkanes) is 1. The van der Waals surface area contributed by atoms with Gasteiger partial charge in [0.2, 0.25) is 5.91 Å². The highest BCUT2D eigenvalue weighted by Crippen LogP contribution is 2.41. The lowest BCUT2D eigenvalue weighted by atomic mass is 9.88. The molecule has 0 radical (unpaired) electrons. The quantitative estimate of drug-likeness (QED) is 0.427. The number of carboxylic acid groups (broad SMARTS) is 1. The average molecular weight is 599 g/mol. The molecular weight excluding hydrogens is 561 g/mol. The Labute approximate surface area is 238 Å². The highest BCUT2D eigenvalue weighted by molar-refractivity contribution is 7.91. The molecule has 2 atom stereocenters. The lowest BCUT2D eigenvalue weighted by molar-refractivity contribution is -0.192. The Balaban J connectivity index is 0.000000587. The van der Waals surface area contributed by atoms with Gasteiger partial charge in [0.05, 0.1) is 23.8 Å². The number of aliphatic carboxylic acids is 1. The molecule has 0 saturated carbocycles. The summed E-state index contributed by atoms with van der Waals surface area (Å²) in [4.78, 5) is 23.3. The Kier molecular flexibility index (Phi) is 10.5. The van der Waals surface area contributed by atoms with Crippen LogP contribution in [0.1, 0.15) is 75.1 Å². The summed E-state index contributed by atoms with van der Waals surface area (Å²) in [5.74, 6) is -1.98. The number of hydrogen-bond donors (Lipinski definition) is 2. The third-order valence-electron chi connectivity index (χ3n) is 7.57. The molecule has 226 valence electrons. The first-order valence-electron chi connectivity index (χ1n) is 13.6. The Morgan fingerprint density at radius 1 is 1.20 bits per heavy atom. The molecule has 0 bridgehead atoms. The number of benzene rings is 2. The molecule has 2 aromatic rings. The van der Waals surface area contributed by atoms with Gasteiger partial charge in [-0.25, -0.2) is 13.2 Å². The molecule has 0 aliphatic carbocycles. The molecule has 1 amide bonds. The molecule has 41 heavy (non-hydrogen) atoms. The first-order chi connectivity index (χ1) is 19.3. The standard InChI is InChI=1S/C27H36N2O4S.C2HF3O2/c1-4-6-14-27(5-2)19-34(31,32)24-16-21(18-29-15-10-13-25(29)30)23(33-3)17-22(24)26(28-27)20-11-8-7-9-12-20;3-2(4,5)1(6)7/h7-9,11-12,16-17,26,28H,4-6,10,13-15,18-19H2,1-3H3;(H,6,7)/t26-,27-;/m1./s1. The van der Waals surface area contributed by atoms with E-state index >= 15 is 0 Å². The molecular formula is C29H37F3N2O6S. The number of halogens is 3. The summed E-state index contributed by atoms with van der Waals surface area (Å²) in [5.41, 5.74) is 1.96. The van der Waals surface area contributed by atoms with Gasteiger partial charge >= 0.3 is 12.1 Å². The number of carbonyl (C=O) groups is 2. The first-order valence-corrected chi connectivity index (χ1v) is 15.3. The van der Waals surface area contributed by atoms with Crippen molar-refractivity contribution < 1.29 is 41.0 Å². The van der Waals surface area contributed by atoms with E-state index in [9.17, 15) is 26.4 Å². The summed E-state index contributed by atoms with van der Waals surface area (Å²) >= 11 is 0. The Bertz CT molecular complexity index is 1330. The number of alkyl halides is 3. The van der Waals surface area contributed by atoms with Crippen LogP contribution in [0.25, 0.3) is 0 Å². The van der Waals surface area contributed by atoms with Gasteiger partial charge in [-0.1, -0.05) is 57.0 Å². The fourth-order valence-electron chi connectivity index (χ4n) is 5.32. The third kappa shape index (κ3) is 7.79. The molecule has 2 aliphatic rings. The SMILES string of the molecule is CCCC[C@]1(CC)CS(=O)(=O)c2cc(CN3CCCC3=O)c(OC)cc2[C@@H](c2ccccc2)N1.O=C(O)C(F)(F)F. The maximum atomic E-state index is 13.9. The van der Waals surface area contributed by atoms with Gasteiger partial charge in [0, 0.05) is 30.6 Å². The van der Waals surface area contributed by atoms with Crippen molar-refractivity contribution in [2.45, 2.75) is 81.6 Å². The van der Waals surface area contributed by atoms with Gasteiger partial charge in [0.1, 0.15) is 5.75 Å². The minimum atomic E-state index is -5.08. The van der Waals surface area contributed by atoms with Gasteiger partial charge in [0.25, 0.3) is 0 Å². The van der Waals surface area contributed by atoms with E-state index in [1.165, 1.54) is 0 Å². The van der Waals surface area contributed by atoms with E-state index < -0.39 is 27.5 Å². The molecule has 1 saturated heterocycles. The van der Waals surface area contributed by atoms with E-state index in [1.807, 2.05) is 36.4 Å².